The highest BCUT2D eigenvalue weighted by Crippen LogP contribution is 2.20. The van der Waals surface area contributed by atoms with E-state index in [9.17, 15) is 4.79 Å². The molecule has 1 aliphatic rings. The first-order valence-corrected chi connectivity index (χ1v) is 8.32. The molecule has 1 aliphatic heterocycles. The zero-order valence-corrected chi connectivity index (χ0v) is 14.4. The Kier molecular flexibility index (Phi) is 6.20. The smallest absolute Gasteiger partial charge is 0.283 e. The van der Waals surface area contributed by atoms with E-state index in [0.29, 0.717) is 11.0 Å². The van der Waals surface area contributed by atoms with Gasteiger partial charge in [0.1, 0.15) is 4.47 Å². The largest absolute Gasteiger partial charge is 0.371 e. The van der Waals surface area contributed by atoms with Gasteiger partial charge in [0.15, 0.2) is 0 Å². The Hall–Kier alpha value is -0.920. The summed E-state index contributed by atoms with van der Waals surface area (Å²) in [5.41, 5.74) is 0.811. The fourth-order valence-electron chi connectivity index (χ4n) is 2.44. The van der Waals surface area contributed by atoms with Gasteiger partial charge in [0, 0.05) is 52.9 Å². The van der Waals surface area contributed by atoms with E-state index < -0.39 is 0 Å². The van der Waals surface area contributed by atoms with E-state index >= 15 is 0 Å². The Morgan fingerprint density at radius 2 is 2.10 bits per heavy atom. The predicted molar refractivity (Wildman–Crippen MR) is 89.1 cm³/mol. The van der Waals surface area contributed by atoms with E-state index in [1.807, 2.05) is 14.0 Å². The average Bonchev–Trinajstić information content (AvgIpc) is 2.51. The number of hydrogen-bond acceptors (Lipinski definition) is 5. The van der Waals surface area contributed by atoms with Crippen molar-refractivity contribution in [3.63, 3.8) is 0 Å². The molecule has 1 fully saturated rings. The fourth-order valence-corrected chi connectivity index (χ4v) is 3.05. The number of hydrogen-bond donors (Lipinski definition) is 1. The van der Waals surface area contributed by atoms with Crippen LogP contribution in [-0.2, 0) is 6.54 Å². The lowest BCUT2D eigenvalue weighted by Gasteiger charge is -2.29. The van der Waals surface area contributed by atoms with Crippen LogP contribution >= 0.6 is 15.9 Å². The summed E-state index contributed by atoms with van der Waals surface area (Å²) in [7, 11) is 2.01. The van der Waals surface area contributed by atoms with Crippen molar-refractivity contribution < 1.29 is 0 Å². The van der Waals surface area contributed by atoms with E-state index in [1.54, 1.807) is 6.20 Å². The van der Waals surface area contributed by atoms with Gasteiger partial charge in [0.25, 0.3) is 5.56 Å². The molecule has 1 aromatic rings. The second-order valence-electron chi connectivity index (χ2n) is 5.39. The van der Waals surface area contributed by atoms with Crippen LogP contribution in [0.15, 0.2) is 15.5 Å². The molecule has 0 atom stereocenters. The standard InChI is InChI=1S/C14H24BrN5O/c1-3-6-20-14(21)13(15)12(11-17-20)18(2)9-10-19-7-4-16-5-8-19/h11,16H,3-10H2,1-2H3. The number of aryl methyl sites for hydroxylation is 1. The SMILES string of the molecule is CCCn1ncc(N(C)CCN2CCNCC2)c(Br)c1=O. The van der Waals surface area contributed by atoms with Gasteiger partial charge in [-0.25, -0.2) is 4.68 Å². The molecule has 1 saturated heterocycles. The molecule has 2 heterocycles. The zero-order valence-electron chi connectivity index (χ0n) is 12.8. The normalized spacial score (nSPS) is 16.1. The van der Waals surface area contributed by atoms with Gasteiger partial charge < -0.3 is 10.2 Å². The minimum Gasteiger partial charge on any atom is -0.371 e. The third kappa shape index (κ3) is 4.28. The second kappa shape index (κ2) is 7.91. The van der Waals surface area contributed by atoms with Crippen LogP contribution in [0.2, 0.25) is 0 Å². The Labute approximate surface area is 134 Å². The lowest BCUT2D eigenvalue weighted by molar-refractivity contribution is 0.246. The highest BCUT2D eigenvalue weighted by molar-refractivity contribution is 9.10. The van der Waals surface area contributed by atoms with Crippen LogP contribution in [0.25, 0.3) is 0 Å². The fraction of sp³-hybridized carbons (Fsp3) is 0.714. The number of nitrogens with zero attached hydrogens (tertiary/aromatic N) is 4. The quantitative estimate of drug-likeness (QED) is 0.814. The molecule has 0 unspecified atom stereocenters. The second-order valence-corrected chi connectivity index (χ2v) is 6.18. The number of aromatic nitrogens is 2. The van der Waals surface area contributed by atoms with E-state index in [4.69, 9.17) is 0 Å². The number of likely N-dealkylation sites (N-methyl/N-ethyl adjacent to an activating group) is 1. The third-order valence-electron chi connectivity index (χ3n) is 3.77. The summed E-state index contributed by atoms with van der Waals surface area (Å²) in [4.78, 5) is 16.7. The molecule has 0 bridgehead atoms. The molecule has 2 rings (SSSR count). The molecular weight excluding hydrogens is 334 g/mol. The maximum absolute atomic E-state index is 12.2. The molecule has 6 nitrogen and oxygen atoms in total. The van der Waals surface area contributed by atoms with Gasteiger partial charge in [-0.3, -0.25) is 9.69 Å². The van der Waals surface area contributed by atoms with Crippen LogP contribution in [0, 0.1) is 0 Å². The first-order valence-electron chi connectivity index (χ1n) is 7.53. The maximum Gasteiger partial charge on any atom is 0.283 e. The molecule has 118 valence electrons. The number of piperazine rings is 1. The van der Waals surface area contributed by atoms with Crippen molar-refractivity contribution in [3.05, 3.63) is 21.0 Å². The maximum atomic E-state index is 12.2. The van der Waals surface area contributed by atoms with Gasteiger partial charge in [-0.1, -0.05) is 6.92 Å². The highest BCUT2D eigenvalue weighted by Gasteiger charge is 2.14. The summed E-state index contributed by atoms with van der Waals surface area (Å²) in [5, 5.41) is 7.61. The van der Waals surface area contributed by atoms with Crippen LogP contribution in [-0.4, -0.2) is 61.0 Å². The average molecular weight is 358 g/mol. The van der Waals surface area contributed by atoms with Gasteiger partial charge in [-0.05, 0) is 22.4 Å². The van der Waals surface area contributed by atoms with Crippen molar-refractivity contribution in [3.8, 4) is 0 Å². The zero-order chi connectivity index (χ0) is 15.2. The molecule has 0 radical (unpaired) electrons. The van der Waals surface area contributed by atoms with Crippen molar-refractivity contribution in [2.75, 3.05) is 51.2 Å². The van der Waals surface area contributed by atoms with Crippen molar-refractivity contribution in [1.82, 2.24) is 20.0 Å². The highest BCUT2D eigenvalue weighted by atomic mass is 79.9. The number of anilines is 1. The summed E-state index contributed by atoms with van der Waals surface area (Å²) < 4.78 is 2.12. The van der Waals surface area contributed by atoms with Crippen molar-refractivity contribution in [1.29, 1.82) is 0 Å². The Morgan fingerprint density at radius 3 is 2.76 bits per heavy atom. The van der Waals surface area contributed by atoms with E-state index in [1.165, 1.54) is 4.68 Å². The molecule has 21 heavy (non-hydrogen) atoms. The van der Waals surface area contributed by atoms with Crippen molar-refractivity contribution >= 4 is 21.6 Å². The van der Waals surface area contributed by atoms with Crippen LogP contribution in [0.5, 0.6) is 0 Å². The molecule has 0 aliphatic carbocycles. The summed E-state index contributed by atoms with van der Waals surface area (Å²) >= 11 is 3.43. The molecule has 1 aromatic heterocycles. The Bertz CT molecular complexity index is 513. The van der Waals surface area contributed by atoms with E-state index in [0.717, 1.165) is 51.4 Å². The minimum absolute atomic E-state index is 0.0524. The van der Waals surface area contributed by atoms with E-state index in [2.05, 4.69) is 36.1 Å². The molecular formula is C14H24BrN5O. The third-order valence-corrected chi connectivity index (χ3v) is 4.52. The molecule has 1 N–H and O–H groups in total. The molecule has 7 heteroatoms. The van der Waals surface area contributed by atoms with Crippen LogP contribution in [0.1, 0.15) is 13.3 Å². The number of rotatable bonds is 6. The van der Waals surface area contributed by atoms with Crippen molar-refractivity contribution in [2.45, 2.75) is 19.9 Å². The first-order chi connectivity index (χ1) is 10.1. The van der Waals surface area contributed by atoms with Gasteiger partial charge in [-0.2, -0.15) is 5.10 Å². The van der Waals surface area contributed by atoms with Crippen molar-refractivity contribution in [2.24, 2.45) is 0 Å². The molecule has 0 saturated carbocycles. The summed E-state index contributed by atoms with van der Waals surface area (Å²) in [6.07, 6.45) is 2.68. The predicted octanol–water partition coefficient (Wildman–Crippen LogP) is 0.757. The van der Waals surface area contributed by atoms with Crippen LogP contribution in [0.4, 0.5) is 5.69 Å². The molecule has 0 spiro atoms. The minimum atomic E-state index is -0.0524. The molecule has 0 amide bonds. The molecule has 0 aromatic carbocycles. The summed E-state index contributed by atoms with van der Waals surface area (Å²) in [6.45, 7) is 8.87. The van der Waals surface area contributed by atoms with Gasteiger partial charge in [0.2, 0.25) is 0 Å². The lowest BCUT2D eigenvalue weighted by Crippen LogP contribution is -2.46. The Morgan fingerprint density at radius 1 is 1.38 bits per heavy atom. The van der Waals surface area contributed by atoms with Gasteiger partial charge in [0.05, 0.1) is 11.9 Å². The Balaban J connectivity index is 2.00. The number of nitrogens with one attached hydrogen (secondary N) is 1. The monoisotopic (exact) mass is 357 g/mol. The van der Waals surface area contributed by atoms with Gasteiger partial charge >= 0.3 is 0 Å². The van der Waals surface area contributed by atoms with Crippen LogP contribution in [0.3, 0.4) is 0 Å². The van der Waals surface area contributed by atoms with E-state index in [-0.39, 0.29) is 5.56 Å². The summed E-state index contributed by atoms with van der Waals surface area (Å²) in [5.74, 6) is 0. The summed E-state index contributed by atoms with van der Waals surface area (Å²) in [6, 6.07) is 0. The first kappa shape index (κ1) is 16.5. The number of halogens is 1. The lowest BCUT2D eigenvalue weighted by atomic mass is 10.3. The topological polar surface area (TPSA) is 53.4 Å². The van der Waals surface area contributed by atoms with Gasteiger partial charge in [-0.15, -0.1) is 0 Å². The van der Waals surface area contributed by atoms with Crippen LogP contribution < -0.4 is 15.8 Å².